The van der Waals surface area contributed by atoms with Crippen LogP contribution in [0, 0.1) is 0 Å². The molecular weight excluding hydrogens is 305 g/mol. The first-order valence-electron chi connectivity index (χ1n) is 4.99. The molecule has 0 unspecified atom stereocenters. The van der Waals surface area contributed by atoms with Gasteiger partial charge in [0.15, 0.2) is 5.96 Å². The number of aliphatic imine (C=N–C) groups is 1. The number of halogens is 1. The zero-order valence-corrected chi connectivity index (χ0v) is 11.7. The van der Waals surface area contributed by atoms with Gasteiger partial charge in [-0.2, -0.15) is 0 Å². The fraction of sp³-hybridized carbons (Fsp3) is 0.700. The highest BCUT2D eigenvalue weighted by Gasteiger charge is 2.04. The predicted molar refractivity (Wildman–Crippen MR) is 74.0 cm³/mol. The van der Waals surface area contributed by atoms with Crippen molar-refractivity contribution in [3.63, 3.8) is 0 Å². The molecule has 4 nitrogen and oxygen atoms in total. The van der Waals surface area contributed by atoms with E-state index in [9.17, 15) is 0 Å². The van der Waals surface area contributed by atoms with E-state index >= 15 is 0 Å². The second-order valence-electron chi connectivity index (χ2n) is 3.61. The quantitative estimate of drug-likeness (QED) is 0.463. The molecule has 0 radical (unpaired) electrons. The fourth-order valence-corrected chi connectivity index (χ4v) is 1.09. The molecule has 88 valence electrons. The Kier molecular flexibility index (Phi) is 7.76. The van der Waals surface area contributed by atoms with Crippen LogP contribution < -0.4 is 10.6 Å². The van der Waals surface area contributed by atoms with Crippen molar-refractivity contribution in [3.05, 3.63) is 12.2 Å². The Balaban J connectivity index is 0.00000196. The Morgan fingerprint density at radius 3 is 2.87 bits per heavy atom. The summed E-state index contributed by atoms with van der Waals surface area (Å²) in [6.07, 6.45) is 0.290. The maximum atomic E-state index is 5.39. The van der Waals surface area contributed by atoms with Crippen molar-refractivity contribution in [3.8, 4) is 0 Å². The molecule has 2 N–H and O–H groups in total. The van der Waals surface area contributed by atoms with Crippen molar-refractivity contribution in [2.75, 3.05) is 26.2 Å². The molecule has 5 heteroatoms. The summed E-state index contributed by atoms with van der Waals surface area (Å²) in [6, 6.07) is 0. The van der Waals surface area contributed by atoms with Gasteiger partial charge in [-0.25, -0.2) is 4.99 Å². The van der Waals surface area contributed by atoms with Gasteiger partial charge in [-0.3, -0.25) is 0 Å². The van der Waals surface area contributed by atoms with Gasteiger partial charge in [-0.1, -0.05) is 6.58 Å². The minimum Gasteiger partial charge on any atom is -0.377 e. The van der Waals surface area contributed by atoms with Gasteiger partial charge in [0, 0.05) is 13.1 Å². The van der Waals surface area contributed by atoms with E-state index in [4.69, 9.17) is 4.74 Å². The molecule has 0 saturated carbocycles. The number of hydrogen-bond acceptors (Lipinski definition) is 4. The monoisotopic (exact) mass is 325 g/mol. The number of nitrogens with one attached hydrogen (secondary N) is 2. The lowest BCUT2D eigenvalue weighted by molar-refractivity contribution is 0.0829. The average molecular weight is 325 g/mol. The van der Waals surface area contributed by atoms with Crippen molar-refractivity contribution < 1.29 is 4.74 Å². The molecule has 1 aliphatic rings. The molecule has 1 rings (SSSR count). The summed E-state index contributed by atoms with van der Waals surface area (Å²) in [6.45, 7) is 10.9. The van der Waals surface area contributed by atoms with E-state index in [1.807, 2.05) is 13.8 Å². The maximum absolute atomic E-state index is 5.39. The summed E-state index contributed by atoms with van der Waals surface area (Å²) in [5.41, 5.74) is 1.12. The summed E-state index contributed by atoms with van der Waals surface area (Å²) < 4.78 is 5.39. The lowest BCUT2D eigenvalue weighted by Crippen LogP contribution is -2.42. The highest BCUT2D eigenvalue weighted by Crippen LogP contribution is 1.94. The Morgan fingerprint density at radius 2 is 2.33 bits per heavy atom. The van der Waals surface area contributed by atoms with Gasteiger partial charge in [0.1, 0.15) is 0 Å². The summed E-state index contributed by atoms with van der Waals surface area (Å²) in [7, 11) is 0. The van der Waals surface area contributed by atoms with Crippen LogP contribution in [-0.4, -0.2) is 38.3 Å². The summed E-state index contributed by atoms with van der Waals surface area (Å²) >= 11 is 0. The van der Waals surface area contributed by atoms with Gasteiger partial charge < -0.3 is 15.4 Å². The molecule has 0 aromatic carbocycles. The highest BCUT2D eigenvalue weighted by molar-refractivity contribution is 14.0. The largest absolute Gasteiger partial charge is 0.377 e. The SMILES string of the molecule is C=C1CN=C(NCCOC(C)C)NC1.I. The van der Waals surface area contributed by atoms with Crippen LogP contribution in [0.3, 0.4) is 0 Å². The smallest absolute Gasteiger partial charge is 0.191 e. The molecule has 0 fully saturated rings. The molecule has 0 aromatic heterocycles. The lowest BCUT2D eigenvalue weighted by Gasteiger charge is -2.17. The molecule has 15 heavy (non-hydrogen) atoms. The summed E-state index contributed by atoms with van der Waals surface area (Å²) in [4.78, 5) is 4.27. The molecule has 1 heterocycles. The minimum absolute atomic E-state index is 0. The first-order valence-corrected chi connectivity index (χ1v) is 4.99. The van der Waals surface area contributed by atoms with Crippen LogP contribution >= 0.6 is 24.0 Å². The molecule has 0 saturated heterocycles. The molecular formula is C10H20IN3O. The van der Waals surface area contributed by atoms with Crippen LogP contribution in [-0.2, 0) is 4.74 Å². The lowest BCUT2D eigenvalue weighted by atomic mass is 10.3. The Morgan fingerprint density at radius 1 is 1.60 bits per heavy atom. The van der Waals surface area contributed by atoms with Crippen molar-refractivity contribution in [1.82, 2.24) is 10.6 Å². The number of ether oxygens (including phenoxy) is 1. The van der Waals surface area contributed by atoms with Gasteiger partial charge in [0.05, 0.1) is 19.3 Å². The minimum atomic E-state index is 0. The third-order valence-corrected chi connectivity index (χ3v) is 1.81. The standard InChI is InChI=1S/C10H19N3O.HI/c1-8(2)14-5-4-11-10-12-6-9(3)7-13-10;/h8H,3-7H2,1-2H3,(H2,11,12,13);1H. The van der Waals surface area contributed by atoms with Gasteiger partial charge in [-0.15, -0.1) is 24.0 Å². The summed E-state index contributed by atoms with van der Waals surface area (Å²) in [5, 5.41) is 6.31. The molecule has 0 aromatic rings. The van der Waals surface area contributed by atoms with E-state index in [1.54, 1.807) is 0 Å². The van der Waals surface area contributed by atoms with Crippen molar-refractivity contribution in [2.45, 2.75) is 20.0 Å². The van der Waals surface area contributed by atoms with Crippen LogP contribution in [0.25, 0.3) is 0 Å². The highest BCUT2D eigenvalue weighted by atomic mass is 127. The Bertz CT molecular complexity index is 229. The van der Waals surface area contributed by atoms with E-state index < -0.39 is 0 Å². The van der Waals surface area contributed by atoms with E-state index in [0.29, 0.717) is 6.61 Å². The zero-order valence-electron chi connectivity index (χ0n) is 9.38. The van der Waals surface area contributed by atoms with E-state index in [2.05, 4.69) is 22.2 Å². The topological polar surface area (TPSA) is 45.7 Å². The Labute approximate surface area is 109 Å². The predicted octanol–water partition coefficient (Wildman–Crippen LogP) is 1.13. The third kappa shape index (κ3) is 6.72. The van der Waals surface area contributed by atoms with Crippen LogP contribution in [0.5, 0.6) is 0 Å². The van der Waals surface area contributed by atoms with Crippen LogP contribution in [0.4, 0.5) is 0 Å². The molecule has 1 aliphatic heterocycles. The normalized spacial score (nSPS) is 15.4. The second kappa shape index (κ2) is 7.92. The molecule has 0 spiro atoms. The van der Waals surface area contributed by atoms with Crippen molar-refractivity contribution in [1.29, 1.82) is 0 Å². The number of rotatable bonds is 4. The number of hydrogen-bond donors (Lipinski definition) is 2. The fourth-order valence-electron chi connectivity index (χ4n) is 1.09. The molecule has 0 atom stereocenters. The summed E-state index contributed by atoms with van der Waals surface area (Å²) in [5.74, 6) is 0.852. The molecule has 0 amide bonds. The Hall–Kier alpha value is -0.300. The van der Waals surface area contributed by atoms with Gasteiger partial charge in [-0.05, 0) is 19.4 Å². The van der Waals surface area contributed by atoms with Crippen molar-refractivity contribution >= 4 is 29.9 Å². The maximum Gasteiger partial charge on any atom is 0.191 e. The van der Waals surface area contributed by atoms with Crippen LogP contribution in [0.2, 0.25) is 0 Å². The average Bonchev–Trinajstić information content (AvgIpc) is 2.15. The molecule has 0 aliphatic carbocycles. The number of nitrogens with zero attached hydrogens (tertiary/aromatic N) is 1. The van der Waals surface area contributed by atoms with E-state index in [-0.39, 0.29) is 30.1 Å². The van der Waals surface area contributed by atoms with Crippen LogP contribution in [0.15, 0.2) is 17.1 Å². The van der Waals surface area contributed by atoms with E-state index in [1.165, 1.54) is 0 Å². The van der Waals surface area contributed by atoms with Crippen molar-refractivity contribution in [2.24, 2.45) is 4.99 Å². The molecule has 0 bridgehead atoms. The van der Waals surface area contributed by atoms with Crippen LogP contribution in [0.1, 0.15) is 13.8 Å². The number of guanidine groups is 1. The second-order valence-corrected chi connectivity index (χ2v) is 3.61. The zero-order chi connectivity index (χ0) is 10.4. The first kappa shape index (κ1) is 14.7. The van der Waals surface area contributed by atoms with Gasteiger partial charge >= 0.3 is 0 Å². The van der Waals surface area contributed by atoms with Gasteiger partial charge in [0.25, 0.3) is 0 Å². The van der Waals surface area contributed by atoms with Gasteiger partial charge in [0.2, 0.25) is 0 Å². The first-order chi connectivity index (χ1) is 6.68. The van der Waals surface area contributed by atoms with E-state index in [0.717, 1.165) is 31.2 Å². The third-order valence-electron chi connectivity index (χ3n) is 1.81.